The molecule has 0 radical (unpaired) electrons. The summed E-state index contributed by atoms with van der Waals surface area (Å²) >= 11 is 0. The lowest BCUT2D eigenvalue weighted by molar-refractivity contribution is -0.136. The maximum atomic E-state index is 13.3. The van der Waals surface area contributed by atoms with Gasteiger partial charge in [0.1, 0.15) is 12.1 Å². The first-order chi connectivity index (χ1) is 28.0. The van der Waals surface area contributed by atoms with Crippen molar-refractivity contribution in [1.82, 2.24) is 30.6 Å². The fourth-order valence-electron chi connectivity index (χ4n) is 9.30. The Morgan fingerprint density at radius 3 is 2.31 bits per heavy atom. The standard InChI is InChI=1S/C43H52N8O7/c1-25(2)44-43(57)58-32-9-5-30(21-32)35-23-37(48-47-35)45-39(53)28-3-7-31(8-4-28)50-19-13-26(14-20-50)24-49-17-15-27(16-18-49)29-6-10-33-34(22-29)42(56)51(41(33)55)36-11-12-38(52)46-40(36)54/h3-4,6-8,10,22-23,25-27,30,32,36H,5,9,11-21,24H2,1-2H3,(H,44,57)(H,46,52,54)(H2,45,47,48,53)/t30-,32+,36?/m1/s1. The van der Waals surface area contributed by atoms with Crippen LogP contribution in [0.15, 0.2) is 48.5 Å². The van der Waals surface area contributed by atoms with E-state index in [9.17, 15) is 28.8 Å². The zero-order valence-electron chi connectivity index (χ0n) is 33.1. The number of ether oxygens (including phenoxy) is 1. The number of aromatic amines is 1. The Kier molecular flexibility index (Phi) is 11.3. The van der Waals surface area contributed by atoms with Gasteiger partial charge < -0.3 is 25.2 Å². The minimum absolute atomic E-state index is 0.0230. The van der Waals surface area contributed by atoms with E-state index in [2.05, 4.69) is 35.9 Å². The third-order valence-electron chi connectivity index (χ3n) is 12.5. The Labute approximate surface area is 337 Å². The van der Waals surface area contributed by atoms with Crippen LogP contribution in [0.5, 0.6) is 0 Å². The van der Waals surface area contributed by atoms with Crippen LogP contribution >= 0.6 is 0 Å². The molecule has 1 saturated carbocycles. The molecule has 15 heteroatoms. The number of imide groups is 2. The number of carbonyl (C=O) groups excluding carboxylic acids is 6. The normalized spacial score (nSPS) is 23.3. The highest BCUT2D eigenvalue weighted by atomic mass is 16.6. The summed E-state index contributed by atoms with van der Waals surface area (Å²) in [7, 11) is 0. The first kappa shape index (κ1) is 39.3. The van der Waals surface area contributed by atoms with E-state index in [1.165, 1.54) is 0 Å². The molecule has 4 N–H and O–H groups in total. The summed E-state index contributed by atoms with van der Waals surface area (Å²) in [6, 6.07) is 14.2. The summed E-state index contributed by atoms with van der Waals surface area (Å²) in [5.41, 5.74) is 4.30. The molecule has 5 aliphatic rings. The van der Waals surface area contributed by atoms with Crippen LogP contribution < -0.4 is 20.9 Å². The molecule has 6 amide bonds. The number of aromatic nitrogens is 2. The van der Waals surface area contributed by atoms with Gasteiger partial charge in [0, 0.05) is 61.0 Å². The van der Waals surface area contributed by atoms with Crippen LogP contribution in [0.4, 0.5) is 16.3 Å². The molecule has 3 saturated heterocycles. The van der Waals surface area contributed by atoms with Crippen LogP contribution in [0.3, 0.4) is 0 Å². The Balaban J connectivity index is 0.763. The number of H-pyrrole nitrogens is 1. The van der Waals surface area contributed by atoms with E-state index in [1.54, 1.807) is 6.07 Å². The van der Waals surface area contributed by atoms with Crippen molar-refractivity contribution in [3.63, 3.8) is 0 Å². The topological polar surface area (TPSA) is 186 Å². The third kappa shape index (κ3) is 8.50. The molecular formula is C43H52N8O7. The van der Waals surface area contributed by atoms with Gasteiger partial charge in [0.2, 0.25) is 11.8 Å². The third-order valence-corrected chi connectivity index (χ3v) is 12.5. The van der Waals surface area contributed by atoms with Crippen molar-refractivity contribution in [2.75, 3.05) is 42.9 Å². The largest absolute Gasteiger partial charge is 0.446 e. The van der Waals surface area contributed by atoms with Crippen molar-refractivity contribution in [2.45, 2.75) is 102 Å². The SMILES string of the molecule is CC(C)NC(=O)O[C@H]1CC[C@@H](c2cc(NC(=O)c3ccc(N4CCC(CN5CCC(c6ccc7c(c6)C(=O)N(C6CCC(=O)NC6=O)C7=O)CC5)CC4)cc3)n[nH]2)C1. The molecule has 2 aromatic carbocycles. The van der Waals surface area contributed by atoms with Crippen molar-refractivity contribution in [1.29, 1.82) is 0 Å². The molecule has 1 aliphatic carbocycles. The van der Waals surface area contributed by atoms with Gasteiger partial charge in [0.15, 0.2) is 5.82 Å². The van der Waals surface area contributed by atoms with Gasteiger partial charge in [-0.05, 0) is 132 Å². The smallest absolute Gasteiger partial charge is 0.407 e. The number of benzene rings is 2. The molecule has 15 nitrogen and oxygen atoms in total. The molecule has 4 aliphatic heterocycles. The Morgan fingerprint density at radius 2 is 1.59 bits per heavy atom. The lowest BCUT2D eigenvalue weighted by Crippen LogP contribution is -2.54. The predicted molar refractivity (Wildman–Crippen MR) is 215 cm³/mol. The molecular weight excluding hydrogens is 741 g/mol. The molecule has 58 heavy (non-hydrogen) atoms. The lowest BCUT2D eigenvalue weighted by Gasteiger charge is -2.38. The number of anilines is 2. The van der Waals surface area contributed by atoms with Gasteiger partial charge in [0.25, 0.3) is 17.7 Å². The molecule has 3 aromatic rings. The van der Waals surface area contributed by atoms with E-state index in [4.69, 9.17) is 4.74 Å². The number of fused-ring (bicyclic) bond motifs is 1. The summed E-state index contributed by atoms with van der Waals surface area (Å²) in [4.78, 5) is 81.6. The van der Waals surface area contributed by atoms with Crippen LogP contribution in [0, 0.1) is 5.92 Å². The number of carbonyl (C=O) groups is 6. The molecule has 306 valence electrons. The number of amides is 6. The molecule has 1 unspecified atom stereocenters. The first-order valence-electron chi connectivity index (χ1n) is 20.8. The van der Waals surface area contributed by atoms with Gasteiger partial charge in [-0.15, -0.1) is 0 Å². The predicted octanol–water partition coefficient (Wildman–Crippen LogP) is 4.93. The summed E-state index contributed by atoms with van der Waals surface area (Å²) in [5.74, 6) is -0.602. The zero-order chi connectivity index (χ0) is 40.5. The highest BCUT2D eigenvalue weighted by Gasteiger charge is 2.45. The summed E-state index contributed by atoms with van der Waals surface area (Å²) in [6.07, 6.45) is 6.20. The molecule has 8 rings (SSSR count). The van der Waals surface area contributed by atoms with Crippen LogP contribution in [-0.2, 0) is 14.3 Å². The number of piperidine rings is 3. The van der Waals surface area contributed by atoms with Crippen molar-refractivity contribution < 1.29 is 33.5 Å². The van der Waals surface area contributed by atoms with Gasteiger partial charge in [-0.25, -0.2) is 4.79 Å². The van der Waals surface area contributed by atoms with E-state index in [1.807, 2.05) is 56.3 Å². The molecule has 0 spiro atoms. The van der Waals surface area contributed by atoms with Crippen LogP contribution in [0.25, 0.3) is 0 Å². The zero-order valence-corrected chi connectivity index (χ0v) is 33.1. The Morgan fingerprint density at radius 1 is 0.845 bits per heavy atom. The van der Waals surface area contributed by atoms with Gasteiger partial charge in [-0.1, -0.05) is 6.07 Å². The van der Waals surface area contributed by atoms with Gasteiger partial charge in [0.05, 0.1) is 11.1 Å². The monoisotopic (exact) mass is 792 g/mol. The number of hydrogen-bond donors (Lipinski definition) is 4. The molecule has 5 heterocycles. The van der Waals surface area contributed by atoms with Crippen LogP contribution in [0.2, 0.25) is 0 Å². The minimum Gasteiger partial charge on any atom is -0.446 e. The molecule has 0 bridgehead atoms. The average molecular weight is 793 g/mol. The summed E-state index contributed by atoms with van der Waals surface area (Å²) in [5, 5.41) is 15.3. The Bertz CT molecular complexity index is 2070. The van der Waals surface area contributed by atoms with E-state index in [0.29, 0.717) is 34.8 Å². The van der Waals surface area contributed by atoms with Gasteiger partial charge in [-0.3, -0.25) is 39.3 Å². The van der Waals surface area contributed by atoms with Gasteiger partial charge >= 0.3 is 6.09 Å². The maximum absolute atomic E-state index is 13.3. The highest BCUT2D eigenvalue weighted by molar-refractivity contribution is 6.23. The summed E-state index contributed by atoms with van der Waals surface area (Å²) < 4.78 is 5.55. The van der Waals surface area contributed by atoms with Crippen molar-refractivity contribution in [2.24, 2.45) is 5.92 Å². The number of hydrogen-bond acceptors (Lipinski definition) is 10. The second-order valence-electron chi connectivity index (χ2n) is 16.8. The number of nitrogens with zero attached hydrogens (tertiary/aromatic N) is 4. The van der Waals surface area contributed by atoms with E-state index >= 15 is 0 Å². The molecule has 3 atom stereocenters. The minimum atomic E-state index is -0.961. The number of nitrogens with one attached hydrogen (secondary N) is 4. The quantitative estimate of drug-likeness (QED) is 0.205. The van der Waals surface area contributed by atoms with Crippen molar-refractivity contribution >= 4 is 47.1 Å². The number of rotatable bonds is 10. The average Bonchev–Trinajstić information content (AvgIpc) is 3.93. The van der Waals surface area contributed by atoms with E-state index < -0.39 is 23.8 Å². The highest BCUT2D eigenvalue weighted by Crippen LogP contribution is 2.37. The maximum Gasteiger partial charge on any atom is 0.407 e. The molecule has 1 aromatic heterocycles. The van der Waals surface area contributed by atoms with Crippen LogP contribution in [0.1, 0.15) is 126 Å². The second-order valence-corrected chi connectivity index (χ2v) is 16.8. The van der Waals surface area contributed by atoms with Crippen LogP contribution in [-0.4, -0.2) is 107 Å². The fraction of sp³-hybridized carbons (Fsp3) is 0.512. The second kappa shape index (κ2) is 16.7. The molecule has 4 fully saturated rings. The number of alkyl carbamates (subject to hydrolysis) is 1. The summed E-state index contributed by atoms with van der Waals surface area (Å²) in [6.45, 7) is 8.69. The van der Waals surface area contributed by atoms with Crippen molar-refractivity contribution in [3.8, 4) is 0 Å². The fourth-order valence-corrected chi connectivity index (χ4v) is 9.30. The first-order valence-corrected chi connectivity index (χ1v) is 20.8. The van der Waals surface area contributed by atoms with E-state index in [-0.39, 0.29) is 54.7 Å². The Hall–Kier alpha value is -5.57. The number of likely N-dealkylation sites (tertiary alicyclic amines) is 1. The van der Waals surface area contributed by atoms with Crippen molar-refractivity contribution in [3.05, 3.63) is 76.5 Å². The lowest BCUT2D eigenvalue weighted by atomic mass is 9.87. The van der Waals surface area contributed by atoms with E-state index in [0.717, 1.165) is 93.1 Å². The van der Waals surface area contributed by atoms with Gasteiger partial charge in [-0.2, -0.15) is 5.10 Å².